The van der Waals surface area contributed by atoms with E-state index in [0.717, 1.165) is 0 Å². The van der Waals surface area contributed by atoms with Crippen LogP contribution in [-0.2, 0) is 15.0 Å². The van der Waals surface area contributed by atoms with Gasteiger partial charge in [0, 0.05) is 18.4 Å². The van der Waals surface area contributed by atoms with Crippen molar-refractivity contribution in [2.24, 2.45) is 5.73 Å². The molecule has 162 valence electrons. The number of rotatable bonds is 7. The molecule has 1 amide bonds. The van der Waals surface area contributed by atoms with Crippen molar-refractivity contribution in [3.8, 4) is 5.88 Å². The zero-order chi connectivity index (χ0) is 21.7. The first-order chi connectivity index (χ1) is 14.3. The summed E-state index contributed by atoms with van der Waals surface area (Å²) in [7, 11) is 1.57. The molecule has 3 atom stereocenters. The van der Waals surface area contributed by atoms with Crippen LogP contribution in [0.1, 0.15) is 29.9 Å². The van der Waals surface area contributed by atoms with Gasteiger partial charge in [-0.15, -0.1) is 0 Å². The van der Waals surface area contributed by atoms with Gasteiger partial charge in [0.2, 0.25) is 5.88 Å². The van der Waals surface area contributed by atoms with Crippen molar-refractivity contribution >= 4 is 11.6 Å². The number of nitrogens with one attached hydrogen (secondary N) is 2. The molecule has 1 saturated heterocycles. The SMILES string of the molecule is COCCOc1cnc(C(=O)Nc2ccc(F)c([C@]3(C)CO[C@H](C)C(N)N3)c2)cn1. The van der Waals surface area contributed by atoms with E-state index in [1.54, 1.807) is 20.1 Å². The van der Waals surface area contributed by atoms with Crippen LogP contribution in [0.3, 0.4) is 0 Å². The molecule has 1 aromatic heterocycles. The van der Waals surface area contributed by atoms with Gasteiger partial charge in [0.15, 0.2) is 0 Å². The highest BCUT2D eigenvalue weighted by Crippen LogP contribution is 2.30. The number of nitrogens with two attached hydrogens (primary N) is 1. The van der Waals surface area contributed by atoms with E-state index >= 15 is 0 Å². The van der Waals surface area contributed by atoms with Gasteiger partial charge in [0.25, 0.3) is 5.91 Å². The van der Waals surface area contributed by atoms with Crippen LogP contribution in [0.25, 0.3) is 0 Å². The smallest absolute Gasteiger partial charge is 0.275 e. The highest BCUT2D eigenvalue weighted by Gasteiger charge is 2.37. The molecule has 2 aromatic rings. The Morgan fingerprint density at radius 2 is 2.20 bits per heavy atom. The zero-order valence-electron chi connectivity index (χ0n) is 17.1. The molecule has 2 heterocycles. The van der Waals surface area contributed by atoms with Gasteiger partial charge in [-0.2, -0.15) is 0 Å². The van der Waals surface area contributed by atoms with E-state index in [2.05, 4.69) is 20.6 Å². The first-order valence-corrected chi connectivity index (χ1v) is 9.52. The minimum Gasteiger partial charge on any atom is -0.474 e. The van der Waals surface area contributed by atoms with Crippen LogP contribution < -0.4 is 21.1 Å². The molecular formula is C20H26FN5O4. The summed E-state index contributed by atoms with van der Waals surface area (Å²) in [6, 6.07) is 4.32. The van der Waals surface area contributed by atoms with E-state index in [0.29, 0.717) is 24.5 Å². The van der Waals surface area contributed by atoms with Gasteiger partial charge in [-0.05, 0) is 32.0 Å². The summed E-state index contributed by atoms with van der Waals surface area (Å²) < 4.78 is 30.4. The molecule has 0 bridgehead atoms. The summed E-state index contributed by atoms with van der Waals surface area (Å²) in [5.74, 6) is -0.618. The lowest BCUT2D eigenvalue weighted by Gasteiger charge is -2.42. The number of carbonyl (C=O) groups excluding carboxylic acids is 1. The van der Waals surface area contributed by atoms with Gasteiger partial charge in [0.05, 0.1) is 43.4 Å². The Kier molecular flexibility index (Phi) is 6.93. The van der Waals surface area contributed by atoms with Gasteiger partial charge in [0.1, 0.15) is 18.1 Å². The van der Waals surface area contributed by atoms with Gasteiger partial charge in [-0.25, -0.2) is 14.4 Å². The molecule has 3 rings (SSSR count). The second-order valence-electron chi connectivity index (χ2n) is 7.25. The maximum absolute atomic E-state index is 14.6. The molecule has 1 fully saturated rings. The number of ether oxygens (including phenoxy) is 3. The number of methoxy groups -OCH3 is 1. The van der Waals surface area contributed by atoms with E-state index < -0.39 is 23.4 Å². The number of hydrogen-bond donors (Lipinski definition) is 3. The Morgan fingerprint density at radius 1 is 1.40 bits per heavy atom. The van der Waals surface area contributed by atoms with Crippen molar-refractivity contribution in [2.45, 2.75) is 31.7 Å². The number of anilines is 1. The molecule has 0 saturated carbocycles. The standard InChI is InChI=1S/C20H26FN5O4/c1-12-18(22)26-20(2,11-30-12)14-8-13(4-5-15(14)21)25-19(27)16-9-24-17(10-23-16)29-7-6-28-3/h4-5,8-10,12,18,26H,6-7,11,22H2,1-3H3,(H,25,27)/t12-,18?,20+/m1/s1. The second-order valence-corrected chi connectivity index (χ2v) is 7.25. The topological polar surface area (TPSA) is 121 Å². The Bertz CT molecular complexity index is 882. The number of halogens is 1. The number of benzene rings is 1. The second kappa shape index (κ2) is 9.43. The Balaban J connectivity index is 1.71. The van der Waals surface area contributed by atoms with Gasteiger partial charge in [-0.3, -0.25) is 10.1 Å². The summed E-state index contributed by atoms with van der Waals surface area (Å²) in [6.45, 7) is 4.63. The molecule has 0 spiro atoms. The van der Waals surface area contributed by atoms with Crippen molar-refractivity contribution in [3.05, 3.63) is 47.7 Å². The van der Waals surface area contributed by atoms with Crippen molar-refractivity contribution in [1.29, 1.82) is 0 Å². The van der Waals surface area contributed by atoms with E-state index in [1.165, 1.54) is 24.5 Å². The van der Waals surface area contributed by atoms with Crippen LogP contribution in [0.4, 0.5) is 10.1 Å². The lowest BCUT2D eigenvalue weighted by Crippen LogP contribution is -2.62. The zero-order valence-corrected chi connectivity index (χ0v) is 17.1. The van der Waals surface area contributed by atoms with Gasteiger partial charge >= 0.3 is 0 Å². The van der Waals surface area contributed by atoms with Crippen molar-refractivity contribution < 1.29 is 23.4 Å². The number of nitrogens with zero attached hydrogens (tertiary/aromatic N) is 2. The predicted molar refractivity (Wildman–Crippen MR) is 108 cm³/mol. The molecule has 30 heavy (non-hydrogen) atoms. The van der Waals surface area contributed by atoms with E-state index in [4.69, 9.17) is 19.9 Å². The first-order valence-electron chi connectivity index (χ1n) is 9.52. The normalized spacial score (nSPS) is 23.8. The summed E-state index contributed by atoms with van der Waals surface area (Å²) in [4.78, 5) is 20.6. The van der Waals surface area contributed by atoms with Gasteiger partial charge in [-0.1, -0.05) is 0 Å². The Morgan fingerprint density at radius 3 is 2.87 bits per heavy atom. The summed E-state index contributed by atoms with van der Waals surface area (Å²) >= 11 is 0. The molecule has 1 aromatic carbocycles. The molecule has 1 aliphatic rings. The van der Waals surface area contributed by atoms with Crippen molar-refractivity contribution in [3.63, 3.8) is 0 Å². The van der Waals surface area contributed by atoms with Gasteiger partial charge < -0.3 is 25.3 Å². The molecule has 9 nitrogen and oxygen atoms in total. The van der Waals surface area contributed by atoms with Crippen LogP contribution >= 0.6 is 0 Å². The fourth-order valence-electron chi connectivity index (χ4n) is 3.04. The monoisotopic (exact) mass is 419 g/mol. The lowest BCUT2D eigenvalue weighted by atomic mass is 9.89. The number of morpholine rings is 1. The highest BCUT2D eigenvalue weighted by molar-refractivity contribution is 6.02. The molecule has 1 unspecified atom stereocenters. The number of carbonyl (C=O) groups is 1. The minimum absolute atomic E-state index is 0.0983. The molecular weight excluding hydrogens is 393 g/mol. The molecule has 10 heteroatoms. The van der Waals surface area contributed by atoms with Crippen LogP contribution in [-0.4, -0.2) is 55.1 Å². The van der Waals surface area contributed by atoms with Crippen LogP contribution in [0.15, 0.2) is 30.6 Å². The average molecular weight is 419 g/mol. The van der Waals surface area contributed by atoms with Crippen LogP contribution in [0.5, 0.6) is 5.88 Å². The van der Waals surface area contributed by atoms with E-state index in [1.807, 2.05) is 6.92 Å². The minimum atomic E-state index is -0.836. The Hall–Kier alpha value is -2.66. The fourth-order valence-corrected chi connectivity index (χ4v) is 3.04. The van der Waals surface area contributed by atoms with Crippen molar-refractivity contribution in [2.75, 3.05) is 32.2 Å². The molecule has 1 aliphatic heterocycles. The fraction of sp³-hybridized carbons (Fsp3) is 0.450. The Labute approximate surface area is 174 Å². The molecule has 0 radical (unpaired) electrons. The summed E-state index contributed by atoms with van der Waals surface area (Å²) in [5.41, 5.74) is 6.04. The maximum Gasteiger partial charge on any atom is 0.275 e. The highest BCUT2D eigenvalue weighted by atomic mass is 19.1. The average Bonchev–Trinajstić information content (AvgIpc) is 2.73. The first kappa shape index (κ1) is 22.0. The third-order valence-electron chi connectivity index (χ3n) is 4.84. The molecule has 0 aliphatic carbocycles. The largest absolute Gasteiger partial charge is 0.474 e. The number of aromatic nitrogens is 2. The van der Waals surface area contributed by atoms with E-state index in [-0.39, 0.29) is 24.3 Å². The predicted octanol–water partition coefficient (Wildman–Crippen LogP) is 1.40. The third kappa shape index (κ3) is 5.08. The van der Waals surface area contributed by atoms with Crippen LogP contribution in [0, 0.1) is 5.82 Å². The molecule has 4 N–H and O–H groups in total. The van der Waals surface area contributed by atoms with E-state index in [9.17, 15) is 9.18 Å². The summed E-state index contributed by atoms with van der Waals surface area (Å²) in [5, 5.41) is 5.90. The third-order valence-corrected chi connectivity index (χ3v) is 4.84. The number of amides is 1. The van der Waals surface area contributed by atoms with Crippen LogP contribution in [0.2, 0.25) is 0 Å². The maximum atomic E-state index is 14.6. The number of hydrogen-bond acceptors (Lipinski definition) is 8. The lowest BCUT2D eigenvalue weighted by molar-refractivity contribution is -0.0497. The quantitative estimate of drug-likeness (QED) is 0.576. The van der Waals surface area contributed by atoms with Crippen molar-refractivity contribution in [1.82, 2.24) is 15.3 Å². The summed E-state index contributed by atoms with van der Waals surface area (Å²) in [6.07, 6.45) is 2.03.